The minimum Gasteiger partial charge on any atom is -0.494 e. The van der Waals surface area contributed by atoms with Crippen molar-refractivity contribution in [3.05, 3.63) is 24.3 Å². The predicted molar refractivity (Wildman–Crippen MR) is 115 cm³/mol. The van der Waals surface area contributed by atoms with Crippen molar-refractivity contribution < 1.29 is 28.6 Å². The standard InChI is InChI=1S/C23H34N2O6/c24-14-13-21(26)30-16-4-2-1-3-15-29-19-9-11-20(12-10-19)31-23(28)18-7-5-17(6-8-18)22(25)27/h9-12,17-18H,1-8,13-16,24H2,(H2,25,27). The van der Waals surface area contributed by atoms with Gasteiger partial charge in [-0.2, -0.15) is 0 Å². The van der Waals surface area contributed by atoms with E-state index in [1.54, 1.807) is 24.3 Å². The molecule has 0 radical (unpaired) electrons. The van der Waals surface area contributed by atoms with Crippen LogP contribution in [0.2, 0.25) is 0 Å². The molecule has 0 aromatic heterocycles. The van der Waals surface area contributed by atoms with Crippen LogP contribution in [0, 0.1) is 11.8 Å². The van der Waals surface area contributed by atoms with Gasteiger partial charge in [0.25, 0.3) is 0 Å². The van der Waals surface area contributed by atoms with Crippen molar-refractivity contribution in [1.82, 2.24) is 0 Å². The lowest BCUT2D eigenvalue weighted by molar-refractivity contribution is -0.143. The van der Waals surface area contributed by atoms with Crippen molar-refractivity contribution >= 4 is 17.8 Å². The SMILES string of the molecule is NCCC(=O)OCCCCCCOc1ccc(OC(=O)C2CCC(C(N)=O)CC2)cc1. The fourth-order valence-corrected chi connectivity index (χ4v) is 3.54. The Balaban J connectivity index is 1.57. The third kappa shape index (κ3) is 9.38. The molecule has 1 aromatic rings. The average Bonchev–Trinajstić information content (AvgIpc) is 2.77. The lowest BCUT2D eigenvalue weighted by Crippen LogP contribution is -2.31. The van der Waals surface area contributed by atoms with E-state index in [0.717, 1.165) is 31.4 Å². The Kier molecular flexibility index (Phi) is 10.9. The normalized spacial score (nSPS) is 18.2. The summed E-state index contributed by atoms with van der Waals surface area (Å²) in [5, 5.41) is 0. The molecule has 0 unspecified atom stereocenters. The van der Waals surface area contributed by atoms with Crippen LogP contribution in [0.3, 0.4) is 0 Å². The van der Waals surface area contributed by atoms with E-state index in [0.29, 0.717) is 51.2 Å². The van der Waals surface area contributed by atoms with E-state index in [1.165, 1.54) is 0 Å². The molecule has 1 aliphatic carbocycles. The molecule has 1 aliphatic rings. The summed E-state index contributed by atoms with van der Waals surface area (Å²) in [6, 6.07) is 7.00. The zero-order valence-electron chi connectivity index (χ0n) is 18.1. The molecule has 0 saturated heterocycles. The molecule has 4 N–H and O–H groups in total. The van der Waals surface area contributed by atoms with Crippen LogP contribution in [0.4, 0.5) is 0 Å². The number of unbranched alkanes of at least 4 members (excludes halogenated alkanes) is 3. The molecule has 0 bridgehead atoms. The van der Waals surface area contributed by atoms with Crippen LogP contribution in [0.15, 0.2) is 24.3 Å². The molecule has 0 heterocycles. The van der Waals surface area contributed by atoms with Crippen molar-refractivity contribution in [2.45, 2.75) is 57.8 Å². The van der Waals surface area contributed by atoms with E-state index >= 15 is 0 Å². The minimum atomic E-state index is -0.286. The fourth-order valence-electron chi connectivity index (χ4n) is 3.54. The first kappa shape index (κ1) is 24.7. The third-order valence-electron chi connectivity index (χ3n) is 5.42. The molecule has 1 amide bonds. The van der Waals surface area contributed by atoms with Crippen molar-refractivity contribution in [2.75, 3.05) is 19.8 Å². The number of hydrogen-bond donors (Lipinski definition) is 2. The largest absolute Gasteiger partial charge is 0.494 e. The summed E-state index contributed by atoms with van der Waals surface area (Å²) in [6.07, 6.45) is 6.50. The number of hydrogen-bond acceptors (Lipinski definition) is 7. The molecule has 2 rings (SSSR count). The number of carbonyl (C=O) groups excluding carboxylic acids is 3. The van der Waals surface area contributed by atoms with E-state index in [4.69, 9.17) is 25.7 Å². The fraction of sp³-hybridized carbons (Fsp3) is 0.609. The van der Waals surface area contributed by atoms with Crippen LogP contribution in [-0.2, 0) is 19.1 Å². The Morgan fingerprint density at radius 2 is 1.42 bits per heavy atom. The van der Waals surface area contributed by atoms with Gasteiger partial charge in [-0.25, -0.2) is 0 Å². The molecule has 8 nitrogen and oxygen atoms in total. The van der Waals surface area contributed by atoms with Gasteiger partial charge in [0.2, 0.25) is 5.91 Å². The van der Waals surface area contributed by atoms with Gasteiger partial charge in [0, 0.05) is 12.5 Å². The molecule has 0 aliphatic heterocycles. The quantitative estimate of drug-likeness (QED) is 0.277. The van der Waals surface area contributed by atoms with Gasteiger partial charge in [0.05, 0.1) is 25.6 Å². The number of primary amides is 1. The first-order valence-corrected chi connectivity index (χ1v) is 11.1. The Morgan fingerprint density at radius 3 is 2.03 bits per heavy atom. The van der Waals surface area contributed by atoms with Crippen molar-refractivity contribution in [3.8, 4) is 11.5 Å². The summed E-state index contributed by atoms with van der Waals surface area (Å²) in [4.78, 5) is 34.7. The lowest BCUT2D eigenvalue weighted by Gasteiger charge is -2.25. The molecule has 1 fully saturated rings. The van der Waals surface area contributed by atoms with Crippen molar-refractivity contribution in [2.24, 2.45) is 23.3 Å². The molecule has 0 spiro atoms. The first-order valence-electron chi connectivity index (χ1n) is 11.1. The number of amides is 1. The maximum atomic E-state index is 12.3. The number of carbonyl (C=O) groups is 3. The lowest BCUT2D eigenvalue weighted by atomic mass is 9.82. The first-order chi connectivity index (χ1) is 15.0. The maximum Gasteiger partial charge on any atom is 0.314 e. The Labute approximate surface area is 183 Å². The molecule has 1 saturated carbocycles. The number of nitrogens with two attached hydrogens (primary N) is 2. The number of ether oxygens (including phenoxy) is 3. The van der Waals surface area contributed by atoms with E-state index in [2.05, 4.69) is 0 Å². The second-order valence-corrected chi connectivity index (χ2v) is 7.87. The zero-order valence-corrected chi connectivity index (χ0v) is 18.1. The Hall–Kier alpha value is -2.61. The maximum absolute atomic E-state index is 12.3. The highest BCUT2D eigenvalue weighted by Crippen LogP contribution is 2.30. The summed E-state index contributed by atoms with van der Waals surface area (Å²) in [5.74, 6) is 0.109. The summed E-state index contributed by atoms with van der Waals surface area (Å²) < 4.78 is 16.2. The van der Waals surface area contributed by atoms with Gasteiger partial charge in [0.1, 0.15) is 11.5 Å². The Bertz CT molecular complexity index is 699. The van der Waals surface area contributed by atoms with Gasteiger partial charge in [-0.1, -0.05) is 0 Å². The highest BCUT2D eigenvalue weighted by atomic mass is 16.5. The van der Waals surface area contributed by atoms with Crippen molar-refractivity contribution in [1.29, 1.82) is 0 Å². The second-order valence-electron chi connectivity index (χ2n) is 7.87. The number of rotatable bonds is 13. The van der Waals surface area contributed by atoms with Crippen LogP contribution < -0.4 is 20.9 Å². The summed E-state index contributed by atoms with van der Waals surface area (Å²) in [7, 11) is 0. The summed E-state index contributed by atoms with van der Waals surface area (Å²) >= 11 is 0. The zero-order chi connectivity index (χ0) is 22.5. The topological polar surface area (TPSA) is 131 Å². The Morgan fingerprint density at radius 1 is 0.839 bits per heavy atom. The van der Waals surface area contributed by atoms with Gasteiger partial charge < -0.3 is 25.7 Å². The molecule has 172 valence electrons. The average molecular weight is 435 g/mol. The second kappa shape index (κ2) is 13.6. The molecule has 31 heavy (non-hydrogen) atoms. The number of benzene rings is 1. The van der Waals surface area contributed by atoms with Gasteiger partial charge in [-0.15, -0.1) is 0 Å². The van der Waals surface area contributed by atoms with Crippen LogP contribution in [0.1, 0.15) is 57.8 Å². The molecule has 0 atom stereocenters. The number of esters is 2. The highest BCUT2D eigenvalue weighted by Gasteiger charge is 2.30. The summed E-state index contributed by atoms with van der Waals surface area (Å²) in [5.41, 5.74) is 10.6. The molecular weight excluding hydrogens is 400 g/mol. The molecular formula is C23H34N2O6. The van der Waals surface area contributed by atoms with Gasteiger partial charge in [-0.05, 0) is 75.6 Å². The van der Waals surface area contributed by atoms with E-state index in [9.17, 15) is 14.4 Å². The smallest absolute Gasteiger partial charge is 0.314 e. The van der Waals surface area contributed by atoms with E-state index < -0.39 is 0 Å². The van der Waals surface area contributed by atoms with E-state index in [-0.39, 0.29) is 36.1 Å². The van der Waals surface area contributed by atoms with Crippen molar-refractivity contribution in [3.63, 3.8) is 0 Å². The summed E-state index contributed by atoms with van der Waals surface area (Å²) in [6.45, 7) is 1.35. The predicted octanol–water partition coefficient (Wildman–Crippen LogP) is 2.71. The third-order valence-corrected chi connectivity index (χ3v) is 5.42. The van der Waals surface area contributed by atoms with E-state index in [1.807, 2.05) is 0 Å². The highest BCUT2D eigenvalue weighted by molar-refractivity contribution is 5.78. The molecule has 1 aromatic carbocycles. The van der Waals surface area contributed by atoms with Gasteiger partial charge >= 0.3 is 11.9 Å². The monoisotopic (exact) mass is 434 g/mol. The van der Waals surface area contributed by atoms with Crippen LogP contribution in [-0.4, -0.2) is 37.6 Å². The van der Waals surface area contributed by atoms with Gasteiger partial charge in [-0.3, -0.25) is 14.4 Å². The minimum absolute atomic E-state index is 0.126. The van der Waals surface area contributed by atoms with Crippen LogP contribution in [0.25, 0.3) is 0 Å². The van der Waals surface area contributed by atoms with Crippen LogP contribution >= 0.6 is 0 Å². The van der Waals surface area contributed by atoms with Gasteiger partial charge in [0.15, 0.2) is 0 Å². The molecule has 8 heteroatoms. The van der Waals surface area contributed by atoms with Crippen LogP contribution in [0.5, 0.6) is 11.5 Å².